The summed E-state index contributed by atoms with van der Waals surface area (Å²) in [5.41, 5.74) is 3.13. The molecule has 10 heteroatoms. The molecule has 2 saturated heterocycles. The van der Waals surface area contributed by atoms with Gasteiger partial charge < -0.3 is 19.3 Å². The monoisotopic (exact) mass is 497 g/mol. The van der Waals surface area contributed by atoms with Crippen molar-refractivity contribution in [2.75, 3.05) is 78.0 Å². The van der Waals surface area contributed by atoms with Gasteiger partial charge in [0.2, 0.25) is 5.91 Å². The van der Waals surface area contributed by atoms with Crippen molar-refractivity contribution >= 4 is 17.3 Å². The zero-order valence-corrected chi connectivity index (χ0v) is 21.3. The number of carbonyl (C=O) groups is 1. The number of hydrogen-bond donors (Lipinski definition) is 0. The van der Waals surface area contributed by atoms with E-state index in [0.29, 0.717) is 51.5 Å². The third-order valence-electron chi connectivity index (χ3n) is 7.11. The number of nitro benzene ring substituents is 1. The van der Waals surface area contributed by atoms with E-state index < -0.39 is 0 Å². The average Bonchev–Trinajstić information content (AvgIpc) is 2.90. The fourth-order valence-corrected chi connectivity index (χ4v) is 4.91. The molecule has 0 aromatic heterocycles. The Kier molecular flexibility index (Phi) is 8.27. The molecule has 0 N–H and O–H groups in total. The molecule has 2 heterocycles. The first kappa shape index (κ1) is 25.7. The van der Waals surface area contributed by atoms with Gasteiger partial charge in [-0.3, -0.25) is 24.7 Å². The van der Waals surface area contributed by atoms with Gasteiger partial charge in [-0.2, -0.15) is 0 Å². The standard InChI is InChI=1S/C26H35N5O5/c1-20-16-24(35-2)25(36-3)17-21(20)18-27-10-14-30(15-11-27)26(32)19-28-8-12-29(13-9-28)22-6-4-5-7-23(22)31(33)34/h4-7,16-17H,8-15,18-19H2,1-3H3. The van der Waals surface area contributed by atoms with Gasteiger partial charge in [-0.05, 0) is 36.2 Å². The largest absolute Gasteiger partial charge is 0.493 e. The Morgan fingerprint density at radius 2 is 1.53 bits per heavy atom. The highest BCUT2D eigenvalue weighted by Crippen LogP contribution is 2.31. The molecule has 10 nitrogen and oxygen atoms in total. The van der Waals surface area contributed by atoms with E-state index in [2.05, 4.69) is 16.7 Å². The Morgan fingerprint density at radius 1 is 0.917 bits per heavy atom. The first-order valence-corrected chi connectivity index (χ1v) is 12.3. The molecule has 0 unspecified atom stereocenters. The summed E-state index contributed by atoms with van der Waals surface area (Å²) in [5.74, 6) is 1.61. The van der Waals surface area contributed by atoms with Crippen LogP contribution in [-0.4, -0.2) is 98.7 Å². The van der Waals surface area contributed by atoms with E-state index in [0.717, 1.165) is 36.7 Å². The van der Waals surface area contributed by atoms with Crippen molar-refractivity contribution < 1.29 is 19.2 Å². The molecule has 0 bridgehead atoms. The Labute approximate surface area is 212 Å². The lowest BCUT2D eigenvalue weighted by molar-refractivity contribution is -0.384. The van der Waals surface area contributed by atoms with Crippen LogP contribution in [0.4, 0.5) is 11.4 Å². The summed E-state index contributed by atoms with van der Waals surface area (Å²) < 4.78 is 10.8. The van der Waals surface area contributed by atoms with E-state index in [1.807, 2.05) is 28.0 Å². The van der Waals surface area contributed by atoms with Gasteiger partial charge in [-0.1, -0.05) is 12.1 Å². The summed E-state index contributed by atoms with van der Waals surface area (Å²) in [6, 6.07) is 10.9. The predicted molar refractivity (Wildman–Crippen MR) is 138 cm³/mol. The van der Waals surface area contributed by atoms with Gasteiger partial charge in [0.15, 0.2) is 11.5 Å². The Bertz CT molecular complexity index is 1080. The lowest BCUT2D eigenvalue weighted by Crippen LogP contribution is -2.53. The Balaban J connectivity index is 1.24. The minimum Gasteiger partial charge on any atom is -0.493 e. The van der Waals surface area contributed by atoms with Crippen molar-refractivity contribution in [3.63, 3.8) is 0 Å². The molecule has 0 atom stereocenters. The van der Waals surface area contributed by atoms with E-state index in [4.69, 9.17) is 9.47 Å². The smallest absolute Gasteiger partial charge is 0.292 e. The van der Waals surface area contributed by atoms with Crippen molar-refractivity contribution in [3.8, 4) is 11.5 Å². The number of aryl methyl sites for hydroxylation is 1. The van der Waals surface area contributed by atoms with Gasteiger partial charge >= 0.3 is 0 Å². The van der Waals surface area contributed by atoms with E-state index >= 15 is 0 Å². The molecule has 2 aliphatic heterocycles. The predicted octanol–water partition coefficient (Wildman–Crippen LogP) is 2.39. The van der Waals surface area contributed by atoms with Crippen LogP contribution in [0.15, 0.2) is 36.4 Å². The molecule has 2 aromatic carbocycles. The zero-order valence-electron chi connectivity index (χ0n) is 21.3. The number of nitro groups is 1. The average molecular weight is 498 g/mol. The van der Waals surface area contributed by atoms with Crippen LogP contribution in [0.1, 0.15) is 11.1 Å². The number of benzene rings is 2. The van der Waals surface area contributed by atoms with Gasteiger partial charge in [0.05, 0.1) is 25.7 Å². The van der Waals surface area contributed by atoms with Crippen LogP contribution in [0.25, 0.3) is 0 Å². The number of amides is 1. The number of hydrogen-bond acceptors (Lipinski definition) is 8. The first-order chi connectivity index (χ1) is 17.4. The van der Waals surface area contributed by atoms with Crippen LogP contribution in [0.3, 0.4) is 0 Å². The second kappa shape index (κ2) is 11.6. The minimum atomic E-state index is -0.336. The lowest BCUT2D eigenvalue weighted by Gasteiger charge is -2.38. The molecule has 2 fully saturated rings. The number of nitrogens with zero attached hydrogens (tertiary/aromatic N) is 5. The molecular weight excluding hydrogens is 462 g/mol. The van der Waals surface area contributed by atoms with E-state index in [1.165, 1.54) is 11.6 Å². The Hall–Kier alpha value is -3.37. The third-order valence-corrected chi connectivity index (χ3v) is 7.11. The van der Waals surface area contributed by atoms with E-state index in [-0.39, 0.29) is 16.5 Å². The highest BCUT2D eigenvalue weighted by molar-refractivity contribution is 5.78. The Morgan fingerprint density at radius 3 is 2.17 bits per heavy atom. The second-order valence-corrected chi connectivity index (χ2v) is 9.30. The molecular formula is C26H35N5O5. The van der Waals surface area contributed by atoms with Gasteiger partial charge in [-0.25, -0.2) is 0 Å². The number of rotatable bonds is 8. The van der Waals surface area contributed by atoms with Crippen LogP contribution in [-0.2, 0) is 11.3 Å². The fourth-order valence-electron chi connectivity index (χ4n) is 4.91. The van der Waals surface area contributed by atoms with Crippen molar-refractivity contribution in [2.45, 2.75) is 13.5 Å². The summed E-state index contributed by atoms with van der Waals surface area (Å²) in [6.07, 6.45) is 0. The number of carbonyl (C=O) groups excluding carboxylic acids is 1. The highest BCUT2D eigenvalue weighted by Gasteiger charge is 2.27. The van der Waals surface area contributed by atoms with Gasteiger partial charge in [0.25, 0.3) is 5.69 Å². The molecule has 0 saturated carbocycles. The summed E-state index contributed by atoms with van der Waals surface area (Å²) >= 11 is 0. The molecule has 2 aliphatic rings. The number of anilines is 1. The normalized spacial score (nSPS) is 17.2. The minimum absolute atomic E-state index is 0.128. The summed E-state index contributed by atoms with van der Waals surface area (Å²) in [7, 11) is 3.29. The maximum Gasteiger partial charge on any atom is 0.292 e. The highest BCUT2D eigenvalue weighted by atomic mass is 16.6. The van der Waals surface area contributed by atoms with Crippen molar-refractivity contribution in [1.82, 2.24) is 14.7 Å². The van der Waals surface area contributed by atoms with Gasteiger partial charge in [0, 0.05) is 65.0 Å². The zero-order chi connectivity index (χ0) is 25.7. The maximum atomic E-state index is 13.0. The van der Waals surface area contributed by atoms with Crippen molar-refractivity contribution in [3.05, 3.63) is 57.6 Å². The number of para-hydroxylation sites is 2. The quantitative estimate of drug-likeness (QED) is 0.406. The maximum absolute atomic E-state index is 13.0. The van der Waals surface area contributed by atoms with Crippen LogP contribution in [0.5, 0.6) is 11.5 Å². The van der Waals surface area contributed by atoms with Crippen molar-refractivity contribution in [1.29, 1.82) is 0 Å². The second-order valence-electron chi connectivity index (χ2n) is 9.30. The summed E-state index contributed by atoms with van der Waals surface area (Å²) in [4.78, 5) is 32.5. The summed E-state index contributed by atoms with van der Waals surface area (Å²) in [6.45, 7) is 9.08. The molecule has 36 heavy (non-hydrogen) atoms. The molecule has 0 radical (unpaired) electrons. The summed E-state index contributed by atoms with van der Waals surface area (Å²) in [5, 5.41) is 11.4. The molecule has 2 aromatic rings. The fraction of sp³-hybridized carbons (Fsp3) is 0.500. The molecule has 0 spiro atoms. The van der Waals surface area contributed by atoms with Gasteiger partial charge in [0.1, 0.15) is 5.69 Å². The number of ether oxygens (including phenoxy) is 2. The van der Waals surface area contributed by atoms with Crippen LogP contribution < -0.4 is 14.4 Å². The third kappa shape index (κ3) is 5.88. The molecule has 194 valence electrons. The topological polar surface area (TPSA) is 91.6 Å². The molecule has 1 amide bonds. The first-order valence-electron chi connectivity index (χ1n) is 12.3. The SMILES string of the molecule is COc1cc(C)c(CN2CCN(C(=O)CN3CCN(c4ccccc4[N+](=O)[O-])CC3)CC2)cc1OC. The van der Waals surface area contributed by atoms with Crippen LogP contribution >= 0.6 is 0 Å². The molecule has 0 aliphatic carbocycles. The van der Waals surface area contributed by atoms with E-state index in [1.54, 1.807) is 26.4 Å². The van der Waals surface area contributed by atoms with Gasteiger partial charge in [-0.15, -0.1) is 0 Å². The van der Waals surface area contributed by atoms with E-state index in [9.17, 15) is 14.9 Å². The van der Waals surface area contributed by atoms with Crippen LogP contribution in [0.2, 0.25) is 0 Å². The van der Waals surface area contributed by atoms with Crippen LogP contribution in [0, 0.1) is 17.0 Å². The molecule has 4 rings (SSSR count). The number of piperazine rings is 2. The van der Waals surface area contributed by atoms with Crippen molar-refractivity contribution in [2.24, 2.45) is 0 Å². The number of methoxy groups -OCH3 is 2. The lowest BCUT2D eigenvalue weighted by atomic mass is 10.1.